The molecule has 0 bridgehead atoms. The molecule has 0 heterocycles. The molecule has 172 valence electrons. The number of amides is 1. The summed E-state index contributed by atoms with van der Waals surface area (Å²) in [5.41, 5.74) is 0.00381. The van der Waals surface area contributed by atoms with Crippen molar-refractivity contribution in [3.05, 3.63) is 71.0 Å². The molecule has 0 aliphatic rings. The number of anilines is 1. The number of benzene rings is 2. The quantitative estimate of drug-likeness (QED) is 0.0759. The van der Waals surface area contributed by atoms with Crippen molar-refractivity contribution in [2.45, 2.75) is 23.5 Å². The average molecular weight is 487 g/mol. The Labute approximate surface area is 193 Å². The summed E-state index contributed by atoms with van der Waals surface area (Å²) in [6.07, 6.45) is 3.73. The van der Waals surface area contributed by atoms with Gasteiger partial charge in [0, 0.05) is 40.1 Å². The zero-order valence-corrected chi connectivity index (χ0v) is 18.7. The van der Waals surface area contributed by atoms with Gasteiger partial charge in [-0.2, -0.15) is 0 Å². The standard InChI is InChI=1S/C22H22ClF3N2O3S/c1-3-16(8-13(2)12-31-7-6-27-30)32-20-9-14(4-5-17(20)23)22(29)28-15-10-18(24)21(26)19(25)11-15/h3-6,9-11,13,16,30H,1,7-8,12H2,2H3,(H,28,29)/b27-6+. The molecule has 0 saturated heterocycles. The molecule has 2 rings (SSSR count). The molecular formula is C22H22ClF3N2O3S. The van der Waals surface area contributed by atoms with Crippen LogP contribution in [0.15, 0.2) is 53.0 Å². The third-order valence-corrected chi connectivity index (χ3v) is 6.01. The van der Waals surface area contributed by atoms with E-state index in [0.29, 0.717) is 35.1 Å². The van der Waals surface area contributed by atoms with Crippen LogP contribution in [0.5, 0.6) is 0 Å². The Morgan fingerprint density at radius 1 is 1.31 bits per heavy atom. The van der Waals surface area contributed by atoms with Crippen molar-refractivity contribution in [1.82, 2.24) is 0 Å². The Balaban J connectivity index is 2.07. The smallest absolute Gasteiger partial charge is 0.255 e. The molecule has 0 aromatic heterocycles. The summed E-state index contributed by atoms with van der Waals surface area (Å²) in [5.74, 6) is -4.86. The van der Waals surface area contributed by atoms with Gasteiger partial charge in [-0.05, 0) is 30.5 Å². The largest absolute Gasteiger partial charge is 0.411 e. The molecule has 32 heavy (non-hydrogen) atoms. The number of nitrogens with one attached hydrogen (secondary N) is 1. The molecule has 0 fully saturated rings. The van der Waals surface area contributed by atoms with Crippen LogP contribution in [0.4, 0.5) is 18.9 Å². The number of rotatable bonds is 11. The number of thioether (sulfide) groups is 1. The zero-order valence-electron chi connectivity index (χ0n) is 17.2. The highest BCUT2D eigenvalue weighted by molar-refractivity contribution is 8.00. The molecule has 2 atom stereocenters. The van der Waals surface area contributed by atoms with E-state index in [9.17, 15) is 18.0 Å². The summed E-state index contributed by atoms with van der Waals surface area (Å²) in [4.78, 5) is 13.1. The number of nitrogens with zero attached hydrogens (tertiary/aromatic N) is 1. The Morgan fingerprint density at radius 3 is 2.62 bits per heavy atom. The lowest BCUT2D eigenvalue weighted by Gasteiger charge is -2.18. The summed E-state index contributed by atoms with van der Waals surface area (Å²) in [7, 11) is 0. The van der Waals surface area contributed by atoms with Crippen LogP contribution in [0.25, 0.3) is 0 Å². The van der Waals surface area contributed by atoms with Crippen LogP contribution in [0.2, 0.25) is 5.02 Å². The van der Waals surface area contributed by atoms with E-state index in [-0.39, 0.29) is 29.0 Å². The van der Waals surface area contributed by atoms with Crippen molar-refractivity contribution in [3.8, 4) is 0 Å². The number of halogens is 4. The maximum absolute atomic E-state index is 13.4. The number of carbonyl (C=O) groups is 1. The SMILES string of the molecule is C=CC(CC(C)COC/C=N/O)Sc1cc(C(=O)Nc2cc(F)c(F)c(F)c2)ccc1Cl. The summed E-state index contributed by atoms with van der Waals surface area (Å²) in [6.45, 7) is 6.51. The fourth-order valence-electron chi connectivity index (χ4n) is 2.74. The normalized spacial score (nSPS) is 13.2. The molecule has 0 radical (unpaired) electrons. The van der Waals surface area contributed by atoms with Crippen LogP contribution >= 0.6 is 23.4 Å². The first-order valence-electron chi connectivity index (χ1n) is 9.53. The summed E-state index contributed by atoms with van der Waals surface area (Å²) in [6, 6.07) is 5.98. The average Bonchev–Trinajstić information content (AvgIpc) is 2.75. The highest BCUT2D eigenvalue weighted by Gasteiger charge is 2.17. The first-order valence-corrected chi connectivity index (χ1v) is 10.8. The Morgan fingerprint density at radius 2 is 2.00 bits per heavy atom. The van der Waals surface area contributed by atoms with Crippen molar-refractivity contribution < 1.29 is 27.9 Å². The zero-order chi connectivity index (χ0) is 23.7. The maximum Gasteiger partial charge on any atom is 0.255 e. The summed E-state index contributed by atoms with van der Waals surface area (Å²) in [5, 5.41) is 14.0. The number of ether oxygens (including phenoxy) is 1. The maximum atomic E-state index is 13.4. The molecule has 0 aliphatic carbocycles. The lowest BCUT2D eigenvalue weighted by atomic mass is 10.1. The van der Waals surface area contributed by atoms with E-state index in [0.717, 1.165) is 0 Å². The lowest BCUT2D eigenvalue weighted by molar-refractivity contribution is 0.102. The first-order chi connectivity index (χ1) is 15.2. The molecule has 0 aliphatic heterocycles. The Kier molecular flexibility index (Phi) is 10.1. The van der Waals surface area contributed by atoms with Crippen LogP contribution in [0.1, 0.15) is 23.7 Å². The van der Waals surface area contributed by atoms with Crippen LogP contribution in [-0.4, -0.2) is 35.8 Å². The van der Waals surface area contributed by atoms with E-state index in [2.05, 4.69) is 17.1 Å². The van der Waals surface area contributed by atoms with E-state index >= 15 is 0 Å². The second-order valence-electron chi connectivity index (χ2n) is 6.92. The number of carbonyl (C=O) groups excluding carboxylic acids is 1. The van der Waals surface area contributed by atoms with Crippen LogP contribution in [-0.2, 0) is 4.74 Å². The van der Waals surface area contributed by atoms with Gasteiger partial charge in [0.25, 0.3) is 5.91 Å². The predicted octanol–water partition coefficient (Wildman–Crippen LogP) is 6.16. The van der Waals surface area contributed by atoms with Crippen LogP contribution < -0.4 is 5.32 Å². The fraction of sp³-hybridized carbons (Fsp3) is 0.273. The second-order valence-corrected chi connectivity index (χ2v) is 8.61. The van der Waals surface area contributed by atoms with Crippen molar-refractivity contribution in [1.29, 1.82) is 0 Å². The highest BCUT2D eigenvalue weighted by atomic mass is 35.5. The monoisotopic (exact) mass is 486 g/mol. The van der Waals surface area contributed by atoms with Crippen molar-refractivity contribution in [3.63, 3.8) is 0 Å². The number of oxime groups is 1. The molecule has 10 heteroatoms. The van der Waals surface area contributed by atoms with Crippen molar-refractivity contribution in [2.75, 3.05) is 18.5 Å². The van der Waals surface area contributed by atoms with E-state index in [4.69, 9.17) is 21.5 Å². The fourth-order valence-corrected chi connectivity index (χ4v) is 4.22. The topological polar surface area (TPSA) is 70.9 Å². The summed E-state index contributed by atoms with van der Waals surface area (Å²) < 4.78 is 45.3. The van der Waals surface area contributed by atoms with Crippen molar-refractivity contribution >= 4 is 41.2 Å². The van der Waals surface area contributed by atoms with Gasteiger partial charge < -0.3 is 15.3 Å². The molecule has 0 saturated carbocycles. The molecule has 5 nitrogen and oxygen atoms in total. The number of hydrogen-bond acceptors (Lipinski definition) is 5. The molecule has 1 amide bonds. The van der Waals surface area contributed by atoms with Gasteiger partial charge in [0.2, 0.25) is 0 Å². The van der Waals surface area contributed by atoms with Gasteiger partial charge in [-0.15, -0.1) is 18.3 Å². The minimum Gasteiger partial charge on any atom is -0.411 e. The first kappa shape index (κ1) is 25.8. The van der Waals surface area contributed by atoms with Gasteiger partial charge >= 0.3 is 0 Å². The van der Waals surface area contributed by atoms with Gasteiger partial charge in [0.05, 0.1) is 17.8 Å². The third kappa shape index (κ3) is 7.58. The predicted molar refractivity (Wildman–Crippen MR) is 120 cm³/mol. The third-order valence-electron chi connectivity index (χ3n) is 4.29. The van der Waals surface area contributed by atoms with Crippen LogP contribution in [0, 0.1) is 23.4 Å². The van der Waals surface area contributed by atoms with Gasteiger partial charge in [-0.25, -0.2) is 13.2 Å². The minimum atomic E-state index is -1.61. The molecule has 0 spiro atoms. The second kappa shape index (κ2) is 12.5. The van der Waals surface area contributed by atoms with Gasteiger partial charge in [-0.1, -0.05) is 29.8 Å². The van der Waals surface area contributed by atoms with Crippen molar-refractivity contribution in [2.24, 2.45) is 11.1 Å². The van der Waals surface area contributed by atoms with Crippen LogP contribution in [0.3, 0.4) is 0 Å². The van der Waals surface area contributed by atoms with Gasteiger partial charge in [0.1, 0.15) is 0 Å². The number of hydrogen-bond donors (Lipinski definition) is 2. The molecule has 2 aromatic rings. The lowest BCUT2D eigenvalue weighted by Crippen LogP contribution is -2.14. The molecular weight excluding hydrogens is 465 g/mol. The summed E-state index contributed by atoms with van der Waals surface area (Å²) >= 11 is 7.70. The highest BCUT2D eigenvalue weighted by Crippen LogP contribution is 2.34. The Hall–Kier alpha value is -2.49. The van der Waals surface area contributed by atoms with Gasteiger partial charge in [-0.3, -0.25) is 4.79 Å². The molecule has 2 N–H and O–H groups in total. The Bertz CT molecular complexity index is 968. The molecule has 2 aromatic carbocycles. The van der Waals surface area contributed by atoms with Gasteiger partial charge in [0.15, 0.2) is 17.5 Å². The van der Waals surface area contributed by atoms with E-state index < -0.39 is 23.4 Å². The van der Waals surface area contributed by atoms with E-state index in [1.54, 1.807) is 18.2 Å². The molecule has 2 unspecified atom stereocenters. The van der Waals surface area contributed by atoms with E-state index in [1.165, 1.54) is 24.0 Å². The minimum absolute atomic E-state index is 0.0313. The van der Waals surface area contributed by atoms with E-state index in [1.807, 2.05) is 6.92 Å².